The molecule has 152 valence electrons. The lowest BCUT2D eigenvalue weighted by Crippen LogP contribution is -2.15. The Balaban J connectivity index is 1.39. The molecule has 0 radical (unpaired) electrons. The second-order valence-electron chi connectivity index (χ2n) is 8.88. The van der Waals surface area contributed by atoms with Crippen molar-refractivity contribution in [2.75, 3.05) is 0 Å². The van der Waals surface area contributed by atoms with Crippen molar-refractivity contribution in [3.05, 3.63) is 53.7 Å². The van der Waals surface area contributed by atoms with E-state index in [1.165, 1.54) is 87.3 Å². The maximum atomic E-state index is 4.73. The van der Waals surface area contributed by atoms with Crippen LogP contribution in [-0.4, -0.2) is 4.98 Å². The van der Waals surface area contributed by atoms with Gasteiger partial charge in [-0.2, -0.15) is 0 Å². The summed E-state index contributed by atoms with van der Waals surface area (Å²) in [5.74, 6) is 1.96. The fraction of sp³-hybridized carbons (Fsp3) is 0.593. The summed E-state index contributed by atoms with van der Waals surface area (Å²) in [5, 5.41) is 0. The molecule has 0 amide bonds. The van der Waals surface area contributed by atoms with Crippen LogP contribution < -0.4 is 0 Å². The van der Waals surface area contributed by atoms with Gasteiger partial charge in [-0.05, 0) is 48.3 Å². The average Bonchev–Trinajstić information content (AvgIpc) is 2.76. The number of unbranched alkanes of at least 4 members (excludes halogenated alkanes) is 3. The minimum absolute atomic E-state index is 0.938. The summed E-state index contributed by atoms with van der Waals surface area (Å²) in [6.45, 7) is 4.50. The van der Waals surface area contributed by atoms with Crippen LogP contribution in [0, 0.1) is 11.8 Å². The summed E-state index contributed by atoms with van der Waals surface area (Å²) >= 11 is 0. The lowest BCUT2D eigenvalue weighted by atomic mass is 9.78. The second kappa shape index (κ2) is 11.4. The van der Waals surface area contributed by atoms with E-state index in [9.17, 15) is 0 Å². The Morgan fingerprint density at radius 2 is 1.43 bits per heavy atom. The first-order valence-electron chi connectivity index (χ1n) is 11.8. The predicted molar refractivity (Wildman–Crippen MR) is 122 cm³/mol. The Morgan fingerprint density at radius 1 is 0.750 bits per heavy atom. The zero-order valence-corrected chi connectivity index (χ0v) is 18.1. The van der Waals surface area contributed by atoms with Gasteiger partial charge in [-0.25, -0.2) is 0 Å². The van der Waals surface area contributed by atoms with Crippen LogP contribution in [0.2, 0.25) is 0 Å². The molecule has 0 bridgehead atoms. The van der Waals surface area contributed by atoms with Crippen molar-refractivity contribution in [3.8, 4) is 11.3 Å². The molecular weight excluding hydrogens is 338 g/mol. The van der Waals surface area contributed by atoms with Crippen LogP contribution in [-0.2, 0) is 12.8 Å². The molecule has 0 unspecified atom stereocenters. The standard InChI is InChI=1S/C27H39N/c1-3-5-6-7-8-23-9-11-24(12-10-23)13-14-25-17-20-27(28-21-25)26-18-15-22(4-2)16-19-26/h15-21,23-24H,3-14H2,1-2H3. The highest BCUT2D eigenvalue weighted by Crippen LogP contribution is 2.34. The van der Waals surface area contributed by atoms with Crippen molar-refractivity contribution < 1.29 is 0 Å². The first kappa shape index (κ1) is 21.1. The van der Waals surface area contributed by atoms with E-state index in [1.54, 1.807) is 0 Å². The molecule has 0 aliphatic heterocycles. The summed E-state index contributed by atoms with van der Waals surface area (Å²) in [5.41, 5.74) is 5.10. The summed E-state index contributed by atoms with van der Waals surface area (Å²) in [6.07, 6.45) is 18.7. The molecular formula is C27H39N. The van der Waals surface area contributed by atoms with Crippen LogP contribution in [0.1, 0.15) is 89.2 Å². The van der Waals surface area contributed by atoms with Crippen LogP contribution >= 0.6 is 0 Å². The van der Waals surface area contributed by atoms with Gasteiger partial charge in [-0.3, -0.25) is 4.98 Å². The highest BCUT2D eigenvalue weighted by molar-refractivity contribution is 5.59. The van der Waals surface area contributed by atoms with Crippen molar-refractivity contribution in [1.29, 1.82) is 0 Å². The quantitative estimate of drug-likeness (QED) is 0.382. The van der Waals surface area contributed by atoms with Gasteiger partial charge in [0.15, 0.2) is 0 Å². The average molecular weight is 378 g/mol. The minimum Gasteiger partial charge on any atom is -0.256 e. The lowest BCUT2D eigenvalue weighted by Gasteiger charge is -2.28. The normalized spacial score (nSPS) is 19.6. The number of hydrogen-bond acceptors (Lipinski definition) is 1. The Labute approximate surface area is 173 Å². The molecule has 1 aromatic heterocycles. The highest BCUT2D eigenvalue weighted by Gasteiger charge is 2.20. The molecule has 1 heterocycles. The Bertz CT molecular complexity index is 662. The van der Waals surface area contributed by atoms with Crippen molar-refractivity contribution in [1.82, 2.24) is 4.98 Å². The monoisotopic (exact) mass is 377 g/mol. The zero-order chi connectivity index (χ0) is 19.6. The Morgan fingerprint density at radius 3 is 2.04 bits per heavy atom. The van der Waals surface area contributed by atoms with Crippen LogP contribution in [0.4, 0.5) is 0 Å². The van der Waals surface area contributed by atoms with Crippen LogP contribution in [0.3, 0.4) is 0 Å². The number of pyridine rings is 1. The molecule has 1 saturated carbocycles. The molecule has 0 spiro atoms. The van der Waals surface area contributed by atoms with E-state index >= 15 is 0 Å². The highest BCUT2D eigenvalue weighted by atomic mass is 14.7. The number of aryl methyl sites for hydroxylation is 2. The number of aromatic nitrogens is 1. The summed E-state index contributed by atoms with van der Waals surface area (Å²) in [4.78, 5) is 4.73. The first-order chi connectivity index (χ1) is 13.8. The first-order valence-corrected chi connectivity index (χ1v) is 11.8. The van der Waals surface area contributed by atoms with Gasteiger partial charge in [-0.1, -0.05) is 102 Å². The van der Waals surface area contributed by atoms with E-state index < -0.39 is 0 Å². The van der Waals surface area contributed by atoms with Crippen molar-refractivity contribution in [2.24, 2.45) is 11.8 Å². The van der Waals surface area contributed by atoms with Crippen molar-refractivity contribution in [3.63, 3.8) is 0 Å². The molecule has 1 heteroatoms. The fourth-order valence-corrected chi connectivity index (χ4v) is 4.69. The van der Waals surface area contributed by atoms with Crippen molar-refractivity contribution >= 4 is 0 Å². The SMILES string of the molecule is CCCCCCC1CCC(CCc2ccc(-c3ccc(CC)cc3)nc2)CC1. The molecule has 2 aromatic rings. The number of benzene rings is 1. The molecule has 1 aliphatic carbocycles. The third-order valence-electron chi connectivity index (χ3n) is 6.76. The maximum Gasteiger partial charge on any atom is 0.0702 e. The summed E-state index contributed by atoms with van der Waals surface area (Å²) < 4.78 is 0. The van der Waals surface area contributed by atoms with E-state index in [4.69, 9.17) is 4.98 Å². The molecule has 1 aromatic carbocycles. The maximum absolute atomic E-state index is 4.73. The van der Waals surface area contributed by atoms with Gasteiger partial charge >= 0.3 is 0 Å². The third kappa shape index (κ3) is 6.47. The fourth-order valence-electron chi connectivity index (χ4n) is 4.69. The van der Waals surface area contributed by atoms with E-state index in [-0.39, 0.29) is 0 Å². The lowest BCUT2D eigenvalue weighted by molar-refractivity contribution is 0.249. The molecule has 1 nitrogen and oxygen atoms in total. The molecule has 1 aliphatic rings. The molecule has 3 rings (SSSR count). The number of nitrogens with zero attached hydrogens (tertiary/aromatic N) is 1. The van der Waals surface area contributed by atoms with Crippen LogP contribution in [0.25, 0.3) is 11.3 Å². The molecule has 0 N–H and O–H groups in total. The molecule has 1 fully saturated rings. The van der Waals surface area contributed by atoms with E-state index in [0.29, 0.717) is 0 Å². The molecule has 0 saturated heterocycles. The summed E-state index contributed by atoms with van der Waals surface area (Å²) in [6, 6.07) is 13.3. The van der Waals surface area contributed by atoms with Gasteiger partial charge in [-0.15, -0.1) is 0 Å². The van der Waals surface area contributed by atoms with Gasteiger partial charge in [0.25, 0.3) is 0 Å². The van der Waals surface area contributed by atoms with E-state index in [2.05, 4.69) is 56.4 Å². The van der Waals surface area contributed by atoms with Gasteiger partial charge in [0, 0.05) is 11.8 Å². The van der Waals surface area contributed by atoms with E-state index in [1.807, 2.05) is 0 Å². The minimum atomic E-state index is 0.938. The smallest absolute Gasteiger partial charge is 0.0702 e. The zero-order valence-electron chi connectivity index (χ0n) is 18.1. The topological polar surface area (TPSA) is 12.9 Å². The third-order valence-corrected chi connectivity index (χ3v) is 6.76. The largest absolute Gasteiger partial charge is 0.256 e. The Kier molecular flexibility index (Phi) is 8.58. The van der Waals surface area contributed by atoms with Gasteiger partial charge in [0.2, 0.25) is 0 Å². The molecule has 28 heavy (non-hydrogen) atoms. The predicted octanol–water partition coefficient (Wildman–Crippen LogP) is 8.02. The van der Waals surface area contributed by atoms with Gasteiger partial charge in [0.1, 0.15) is 0 Å². The van der Waals surface area contributed by atoms with Crippen molar-refractivity contribution in [2.45, 2.75) is 90.9 Å². The van der Waals surface area contributed by atoms with Crippen LogP contribution in [0.15, 0.2) is 42.6 Å². The number of hydrogen-bond donors (Lipinski definition) is 0. The number of rotatable bonds is 10. The van der Waals surface area contributed by atoms with Gasteiger partial charge < -0.3 is 0 Å². The molecule has 0 atom stereocenters. The Hall–Kier alpha value is -1.63. The second-order valence-corrected chi connectivity index (χ2v) is 8.88. The van der Waals surface area contributed by atoms with Crippen LogP contribution in [0.5, 0.6) is 0 Å². The van der Waals surface area contributed by atoms with E-state index in [0.717, 1.165) is 24.0 Å². The van der Waals surface area contributed by atoms with Gasteiger partial charge in [0.05, 0.1) is 5.69 Å². The summed E-state index contributed by atoms with van der Waals surface area (Å²) in [7, 11) is 0.